The topological polar surface area (TPSA) is 87.1 Å². The van der Waals surface area contributed by atoms with E-state index in [1.165, 1.54) is 22.7 Å². The fourth-order valence-electron chi connectivity index (χ4n) is 3.58. The second-order valence-electron chi connectivity index (χ2n) is 7.31. The number of thiazole rings is 2. The summed E-state index contributed by atoms with van der Waals surface area (Å²) >= 11 is 2.76. The van der Waals surface area contributed by atoms with Gasteiger partial charge in [-0.05, 0) is 18.7 Å². The number of hydrogen-bond donors (Lipinski definition) is 1. The lowest BCUT2D eigenvalue weighted by Gasteiger charge is -2.33. The van der Waals surface area contributed by atoms with E-state index in [1.807, 2.05) is 17.0 Å². The van der Waals surface area contributed by atoms with Crippen LogP contribution in [0.5, 0.6) is 0 Å². The van der Waals surface area contributed by atoms with Gasteiger partial charge in [0.15, 0.2) is 10.9 Å². The molecule has 5 rings (SSSR count). The Morgan fingerprint density at radius 3 is 2.81 bits per heavy atom. The third-order valence-electron chi connectivity index (χ3n) is 5.39. The number of hydrogen-bond acceptors (Lipinski definition) is 9. The Kier molecular flexibility index (Phi) is 5.77. The molecular weight excluding hydrogens is 449 g/mol. The maximum Gasteiger partial charge on any atom is 0.265 e. The Bertz CT molecular complexity index is 1270. The van der Waals surface area contributed by atoms with Crippen LogP contribution in [0.25, 0.3) is 21.5 Å². The summed E-state index contributed by atoms with van der Waals surface area (Å²) in [6.07, 6.45) is 2.69. The highest BCUT2D eigenvalue weighted by Crippen LogP contribution is 2.28. The van der Waals surface area contributed by atoms with Crippen molar-refractivity contribution in [3.8, 4) is 11.3 Å². The second-order valence-corrected chi connectivity index (χ2v) is 9.22. The van der Waals surface area contributed by atoms with Gasteiger partial charge < -0.3 is 15.1 Å². The van der Waals surface area contributed by atoms with Gasteiger partial charge in [-0.1, -0.05) is 24.3 Å². The molecule has 164 valence electrons. The van der Waals surface area contributed by atoms with Crippen LogP contribution in [0.1, 0.15) is 16.6 Å². The van der Waals surface area contributed by atoms with E-state index in [4.69, 9.17) is 0 Å². The summed E-state index contributed by atoms with van der Waals surface area (Å²) in [5.74, 6) is -0.334. The van der Waals surface area contributed by atoms with Crippen molar-refractivity contribution in [3.05, 3.63) is 46.8 Å². The minimum absolute atomic E-state index is 0.0245. The Morgan fingerprint density at radius 1 is 1.16 bits per heavy atom. The van der Waals surface area contributed by atoms with E-state index in [0.717, 1.165) is 36.0 Å². The van der Waals surface area contributed by atoms with Crippen LogP contribution in [-0.2, 0) is 0 Å². The molecule has 1 aliphatic rings. The standard InChI is InChI=1S/C21H20FN7OS2/c1-2-28-5-7-29(8-6-28)19(30)17-11-24-21(32-17)27-20-23-10-14(22)18(26-20)13-3-4-16-15(9-13)25-12-31-16/h3-4,9-12H,2,5-8H2,1H3,(H,23,24,26,27). The molecular formula is C21H20FN7OS2. The van der Waals surface area contributed by atoms with Gasteiger partial charge in [0.2, 0.25) is 5.95 Å². The molecule has 0 bridgehead atoms. The zero-order valence-corrected chi connectivity index (χ0v) is 18.9. The number of nitrogens with one attached hydrogen (secondary N) is 1. The number of nitrogens with zero attached hydrogens (tertiary/aromatic N) is 6. The molecule has 3 aromatic heterocycles. The number of likely N-dealkylation sites (N-methyl/N-ethyl adjacent to an activating group) is 1. The first-order valence-electron chi connectivity index (χ1n) is 10.2. The number of amides is 1. The van der Waals surface area contributed by atoms with Gasteiger partial charge in [0.25, 0.3) is 5.91 Å². The lowest BCUT2D eigenvalue weighted by atomic mass is 10.1. The monoisotopic (exact) mass is 469 g/mol. The van der Waals surface area contributed by atoms with Gasteiger partial charge >= 0.3 is 0 Å². The Labute approximate surface area is 191 Å². The number of rotatable bonds is 5. The van der Waals surface area contributed by atoms with Crippen LogP contribution in [0, 0.1) is 5.82 Å². The van der Waals surface area contributed by atoms with E-state index in [0.29, 0.717) is 28.7 Å². The lowest BCUT2D eigenvalue weighted by Crippen LogP contribution is -2.48. The van der Waals surface area contributed by atoms with Crippen molar-refractivity contribution < 1.29 is 9.18 Å². The van der Waals surface area contributed by atoms with E-state index in [1.54, 1.807) is 17.8 Å². The molecule has 0 saturated carbocycles. The van der Waals surface area contributed by atoms with Gasteiger partial charge in [0.05, 0.1) is 28.1 Å². The zero-order chi connectivity index (χ0) is 22.1. The fraction of sp³-hybridized carbons (Fsp3) is 0.286. The van der Waals surface area contributed by atoms with Crippen LogP contribution in [-0.4, -0.2) is 68.4 Å². The molecule has 0 radical (unpaired) electrons. The van der Waals surface area contributed by atoms with Crippen molar-refractivity contribution in [1.29, 1.82) is 0 Å². The number of aromatic nitrogens is 4. The van der Waals surface area contributed by atoms with Crippen LogP contribution in [0.2, 0.25) is 0 Å². The number of anilines is 2. The molecule has 32 heavy (non-hydrogen) atoms. The molecule has 11 heteroatoms. The predicted molar refractivity (Wildman–Crippen MR) is 124 cm³/mol. The SMILES string of the molecule is CCN1CCN(C(=O)c2cnc(Nc3ncc(F)c(-c4ccc5scnc5c4)n3)s2)CC1. The highest BCUT2D eigenvalue weighted by atomic mass is 32.1. The predicted octanol–water partition coefficient (Wildman–Crippen LogP) is 3.87. The molecule has 0 unspecified atom stereocenters. The lowest BCUT2D eigenvalue weighted by molar-refractivity contribution is 0.0648. The third kappa shape index (κ3) is 4.18. The van der Waals surface area contributed by atoms with Gasteiger partial charge in [-0.25, -0.2) is 24.3 Å². The fourth-order valence-corrected chi connectivity index (χ4v) is 5.02. The molecule has 1 fully saturated rings. The van der Waals surface area contributed by atoms with Crippen molar-refractivity contribution in [1.82, 2.24) is 29.7 Å². The van der Waals surface area contributed by atoms with Crippen LogP contribution in [0.4, 0.5) is 15.5 Å². The largest absolute Gasteiger partial charge is 0.335 e. The van der Waals surface area contributed by atoms with Crippen LogP contribution in [0.3, 0.4) is 0 Å². The maximum absolute atomic E-state index is 14.5. The number of fused-ring (bicyclic) bond motifs is 1. The molecule has 1 N–H and O–H groups in total. The molecule has 0 aliphatic carbocycles. The van der Waals surface area contributed by atoms with Gasteiger partial charge in [0, 0.05) is 31.7 Å². The van der Waals surface area contributed by atoms with E-state index >= 15 is 0 Å². The van der Waals surface area contributed by atoms with Crippen LogP contribution >= 0.6 is 22.7 Å². The third-order valence-corrected chi connectivity index (χ3v) is 7.10. The molecule has 0 atom stereocenters. The van der Waals surface area contributed by atoms with Crippen molar-refractivity contribution in [2.45, 2.75) is 6.92 Å². The van der Waals surface area contributed by atoms with E-state index in [2.05, 4.69) is 37.1 Å². The maximum atomic E-state index is 14.5. The number of carbonyl (C=O) groups is 1. The zero-order valence-electron chi connectivity index (χ0n) is 17.3. The smallest absolute Gasteiger partial charge is 0.265 e. The summed E-state index contributed by atoms with van der Waals surface area (Å²) < 4.78 is 15.5. The molecule has 1 aliphatic heterocycles. The van der Waals surface area contributed by atoms with E-state index in [-0.39, 0.29) is 17.5 Å². The van der Waals surface area contributed by atoms with Crippen molar-refractivity contribution in [3.63, 3.8) is 0 Å². The number of carbonyl (C=O) groups excluding carboxylic acids is 1. The quantitative estimate of drug-likeness (QED) is 0.475. The second kappa shape index (κ2) is 8.85. The van der Waals surface area contributed by atoms with Gasteiger partial charge in [-0.3, -0.25) is 4.79 Å². The summed E-state index contributed by atoms with van der Waals surface area (Å²) in [6, 6.07) is 5.52. The Hall–Kier alpha value is -3.02. The molecule has 1 saturated heterocycles. The number of benzene rings is 1. The van der Waals surface area contributed by atoms with Crippen molar-refractivity contribution in [2.75, 3.05) is 38.0 Å². The summed E-state index contributed by atoms with van der Waals surface area (Å²) in [5.41, 5.74) is 3.34. The number of piperazine rings is 1. The first-order chi connectivity index (χ1) is 15.6. The first-order valence-corrected chi connectivity index (χ1v) is 11.9. The number of halogens is 1. The average molecular weight is 470 g/mol. The minimum Gasteiger partial charge on any atom is -0.335 e. The van der Waals surface area contributed by atoms with Gasteiger partial charge in [0.1, 0.15) is 10.6 Å². The van der Waals surface area contributed by atoms with Crippen molar-refractivity contribution >= 4 is 49.9 Å². The average Bonchev–Trinajstić information content (AvgIpc) is 3.49. The Balaban J connectivity index is 1.32. The molecule has 4 aromatic rings. The van der Waals surface area contributed by atoms with Crippen LogP contribution < -0.4 is 5.32 Å². The van der Waals surface area contributed by atoms with Crippen molar-refractivity contribution in [2.24, 2.45) is 0 Å². The minimum atomic E-state index is -0.522. The Morgan fingerprint density at radius 2 is 2.00 bits per heavy atom. The molecule has 1 amide bonds. The molecule has 0 spiro atoms. The summed E-state index contributed by atoms with van der Waals surface area (Å²) in [4.78, 5) is 34.4. The summed E-state index contributed by atoms with van der Waals surface area (Å²) in [6.45, 7) is 6.30. The van der Waals surface area contributed by atoms with Gasteiger partial charge in [-0.15, -0.1) is 11.3 Å². The summed E-state index contributed by atoms with van der Waals surface area (Å²) in [5, 5.41) is 3.47. The summed E-state index contributed by atoms with van der Waals surface area (Å²) in [7, 11) is 0. The van der Waals surface area contributed by atoms with Gasteiger partial charge in [-0.2, -0.15) is 0 Å². The molecule has 8 nitrogen and oxygen atoms in total. The normalized spacial score (nSPS) is 14.8. The van der Waals surface area contributed by atoms with E-state index < -0.39 is 5.82 Å². The highest BCUT2D eigenvalue weighted by Gasteiger charge is 2.23. The van der Waals surface area contributed by atoms with E-state index in [9.17, 15) is 9.18 Å². The first kappa shape index (κ1) is 20.9. The molecule has 4 heterocycles. The van der Waals surface area contributed by atoms with Crippen LogP contribution in [0.15, 0.2) is 36.1 Å². The highest BCUT2D eigenvalue weighted by molar-refractivity contribution is 7.17. The molecule has 1 aromatic carbocycles.